The Kier molecular flexibility index (Phi) is 3.21. The monoisotopic (exact) mass is 266 g/mol. The van der Waals surface area contributed by atoms with Gasteiger partial charge in [0.2, 0.25) is 0 Å². The minimum absolute atomic E-state index is 0.0183. The van der Waals surface area contributed by atoms with Crippen molar-refractivity contribution in [3.63, 3.8) is 0 Å². The number of para-hydroxylation sites is 2. The fraction of sp³-hybridized carbons (Fsp3) is 0.125. The summed E-state index contributed by atoms with van der Waals surface area (Å²) in [5, 5.41) is 3.20. The number of ketones is 2. The first-order valence-corrected chi connectivity index (χ1v) is 6.47. The van der Waals surface area contributed by atoms with Gasteiger partial charge in [-0.3, -0.25) is 9.59 Å². The Morgan fingerprint density at radius 1 is 0.950 bits per heavy atom. The standard InChI is InChI=1S/C16H14N2O2/c19-13-9-12(10-14(20)11-13)17-15-5-1-2-6-16(15)18-7-3-4-8-18/h1-9,17H,10-11H2. The highest BCUT2D eigenvalue weighted by Crippen LogP contribution is 2.23. The Hall–Kier alpha value is -2.62. The predicted octanol–water partition coefficient (Wildman–Crippen LogP) is 2.71. The topological polar surface area (TPSA) is 51.1 Å². The lowest BCUT2D eigenvalue weighted by Gasteiger charge is -2.17. The largest absolute Gasteiger partial charge is 0.357 e. The zero-order chi connectivity index (χ0) is 13.9. The van der Waals surface area contributed by atoms with E-state index in [-0.39, 0.29) is 24.4 Å². The van der Waals surface area contributed by atoms with Crippen LogP contribution in [0.3, 0.4) is 0 Å². The van der Waals surface area contributed by atoms with Crippen LogP contribution in [0, 0.1) is 0 Å². The summed E-state index contributed by atoms with van der Waals surface area (Å²) >= 11 is 0. The third kappa shape index (κ3) is 2.54. The second-order valence-electron chi connectivity index (χ2n) is 4.76. The minimum Gasteiger partial charge on any atom is -0.357 e. The van der Waals surface area contributed by atoms with Gasteiger partial charge in [-0.15, -0.1) is 0 Å². The Balaban J connectivity index is 1.92. The van der Waals surface area contributed by atoms with E-state index in [9.17, 15) is 9.59 Å². The molecule has 0 unspecified atom stereocenters. The maximum atomic E-state index is 11.5. The average Bonchev–Trinajstić information content (AvgIpc) is 2.92. The molecule has 0 saturated carbocycles. The Morgan fingerprint density at radius 3 is 2.45 bits per heavy atom. The van der Waals surface area contributed by atoms with Gasteiger partial charge in [0.1, 0.15) is 5.78 Å². The molecule has 4 nitrogen and oxygen atoms in total. The Bertz CT molecular complexity index is 684. The van der Waals surface area contributed by atoms with E-state index in [1.165, 1.54) is 6.08 Å². The van der Waals surface area contributed by atoms with Gasteiger partial charge in [0.25, 0.3) is 0 Å². The van der Waals surface area contributed by atoms with E-state index >= 15 is 0 Å². The number of Topliss-reactive ketones (excluding diaryl/α,β-unsaturated/α-hetero) is 1. The number of carbonyl (C=O) groups excluding carboxylic acids is 2. The van der Waals surface area contributed by atoms with Crippen LogP contribution in [0.25, 0.3) is 5.69 Å². The molecule has 0 aliphatic heterocycles. The first kappa shape index (κ1) is 12.4. The lowest BCUT2D eigenvalue weighted by Crippen LogP contribution is -2.17. The van der Waals surface area contributed by atoms with Gasteiger partial charge in [0.05, 0.1) is 17.8 Å². The lowest BCUT2D eigenvalue weighted by molar-refractivity contribution is -0.125. The molecule has 3 rings (SSSR count). The lowest BCUT2D eigenvalue weighted by atomic mass is 10.0. The SMILES string of the molecule is O=C1C=C(Nc2ccccc2-n2cccc2)CC(=O)C1. The number of allylic oxidation sites excluding steroid dienone is 2. The number of anilines is 1. The van der Waals surface area contributed by atoms with Crippen molar-refractivity contribution in [1.82, 2.24) is 4.57 Å². The second-order valence-corrected chi connectivity index (χ2v) is 4.76. The highest BCUT2D eigenvalue weighted by atomic mass is 16.1. The van der Waals surface area contributed by atoms with Crippen LogP contribution < -0.4 is 5.32 Å². The number of hydrogen-bond donors (Lipinski definition) is 1. The van der Waals surface area contributed by atoms with Crippen LogP contribution in [-0.4, -0.2) is 16.1 Å². The number of rotatable bonds is 3. The van der Waals surface area contributed by atoms with Gasteiger partial charge in [-0.25, -0.2) is 0 Å². The summed E-state index contributed by atoms with van der Waals surface area (Å²) in [4.78, 5) is 22.9. The van der Waals surface area contributed by atoms with Crippen LogP contribution in [0.5, 0.6) is 0 Å². The van der Waals surface area contributed by atoms with Crippen LogP contribution >= 0.6 is 0 Å². The van der Waals surface area contributed by atoms with Crippen molar-refractivity contribution in [2.75, 3.05) is 5.32 Å². The maximum Gasteiger partial charge on any atom is 0.164 e. The van der Waals surface area contributed by atoms with E-state index in [2.05, 4.69) is 5.32 Å². The van der Waals surface area contributed by atoms with E-state index < -0.39 is 0 Å². The Labute approximate surface area is 116 Å². The zero-order valence-electron chi connectivity index (χ0n) is 10.9. The van der Waals surface area contributed by atoms with E-state index in [1.54, 1.807) is 0 Å². The highest BCUT2D eigenvalue weighted by Gasteiger charge is 2.18. The maximum absolute atomic E-state index is 11.5. The summed E-state index contributed by atoms with van der Waals surface area (Å²) < 4.78 is 1.98. The predicted molar refractivity (Wildman–Crippen MR) is 76.7 cm³/mol. The third-order valence-electron chi connectivity index (χ3n) is 3.18. The third-order valence-corrected chi connectivity index (χ3v) is 3.18. The molecular weight excluding hydrogens is 252 g/mol. The van der Waals surface area contributed by atoms with Crippen molar-refractivity contribution in [2.24, 2.45) is 0 Å². The van der Waals surface area contributed by atoms with Gasteiger partial charge < -0.3 is 9.88 Å². The second kappa shape index (κ2) is 5.17. The molecule has 0 amide bonds. The van der Waals surface area contributed by atoms with Gasteiger partial charge in [-0.1, -0.05) is 12.1 Å². The van der Waals surface area contributed by atoms with E-state index in [0.717, 1.165) is 11.4 Å². The average molecular weight is 266 g/mol. The van der Waals surface area contributed by atoms with Crippen molar-refractivity contribution >= 4 is 17.3 Å². The molecule has 1 heterocycles. The summed E-state index contributed by atoms with van der Waals surface area (Å²) in [6, 6.07) is 11.7. The molecule has 20 heavy (non-hydrogen) atoms. The van der Waals surface area contributed by atoms with Crippen molar-refractivity contribution in [3.05, 3.63) is 60.6 Å². The Morgan fingerprint density at radius 2 is 1.70 bits per heavy atom. The van der Waals surface area contributed by atoms with Crippen molar-refractivity contribution in [1.29, 1.82) is 0 Å². The molecule has 4 heteroatoms. The number of nitrogens with zero attached hydrogens (tertiary/aromatic N) is 1. The first-order chi connectivity index (χ1) is 9.72. The number of nitrogens with one attached hydrogen (secondary N) is 1. The summed E-state index contributed by atoms with van der Waals surface area (Å²) in [6.45, 7) is 0. The molecule has 1 aliphatic rings. The van der Waals surface area contributed by atoms with Gasteiger partial charge in [0, 0.05) is 30.6 Å². The van der Waals surface area contributed by atoms with E-state index in [1.807, 2.05) is 53.4 Å². The van der Waals surface area contributed by atoms with Crippen molar-refractivity contribution < 1.29 is 9.59 Å². The normalized spacial score (nSPS) is 15.1. The van der Waals surface area contributed by atoms with Gasteiger partial charge in [-0.2, -0.15) is 0 Å². The van der Waals surface area contributed by atoms with Gasteiger partial charge in [-0.05, 0) is 24.3 Å². The minimum atomic E-state index is -0.137. The van der Waals surface area contributed by atoms with E-state index in [4.69, 9.17) is 0 Å². The van der Waals surface area contributed by atoms with Gasteiger partial charge in [0.15, 0.2) is 5.78 Å². The smallest absolute Gasteiger partial charge is 0.164 e. The summed E-state index contributed by atoms with van der Waals surface area (Å²) in [5.74, 6) is -0.180. The molecule has 0 fully saturated rings. The molecule has 0 radical (unpaired) electrons. The molecule has 0 bridgehead atoms. The first-order valence-electron chi connectivity index (χ1n) is 6.47. The zero-order valence-corrected chi connectivity index (χ0v) is 10.9. The fourth-order valence-electron chi connectivity index (χ4n) is 2.32. The number of carbonyl (C=O) groups is 2. The highest BCUT2D eigenvalue weighted by molar-refractivity contribution is 6.08. The molecule has 0 saturated heterocycles. The number of hydrogen-bond acceptors (Lipinski definition) is 3. The molecule has 2 aromatic rings. The summed E-state index contributed by atoms with van der Waals surface area (Å²) in [7, 11) is 0. The quantitative estimate of drug-likeness (QED) is 0.869. The van der Waals surface area contributed by atoms with Crippen LogP contribution in [0.2, 0.25) is 0 Å². The molecule has 0 spiro atoms. The molecule has 0 atom stereocenters. The summed E-state index contributed by atoms with van der Waals surface area (Å²) in [5.41, 5.74) is 2.51. The van der Waals surface area contributed by atoms with Crippen LogP contribution in [0.1, 0.15) is 12.8 Å². The van der Waals surface area contributed by atoms with Crippen LogP contribution in [0.15, 0.2) is 60.6 Å². The molecule has 1 aromatic carbocycles. The molecule has 1 N–H and O–H groups in total. The van der Waals surface area contributed by atoms with E-state index in [0.29, 0.717) is 5.70 Å². The number of aromatic nitrogens is 1. The van der Waals surface area contributed by atoms with Gasteiger partial charge >= 0.3 is 0 Å². The molecule has 1 aliphatic carbocycles. The molecule has 1 aromatic heterocycles. The van der Waals surface area contributed by atoms with Crippen LogP contribution in [0.4, 0.5) is 5.69 Å². The summed E-state index contributed by atoms with van der Waals surface area (Å²) in [6.07, 6.45) is 5.72. The number of benzene rings is 1. The molecule has 100 valence electrons. The van der Waals surface area contributed by atoms with Crippen molar-refractivity contribution in [2.45, 2.75) is 12.8 Å². The molecular formula is C16H14N2O2. The fourth-order valence-corrected chi connectivity index (χ4v) is 2.32. The van der Waals surface area contributed by atoms with Crippen LogP contribution in [-0.2, 0) is 9.59 Å². The van der Waals surface area contributed by atoms with Crippen molar-refractivity contribution in [3.8, 4) is 5.69 Å².